The molecule has 1 aromatic carbocycles. The zero-order chi connectivity index (χ0) is 16.7. The van der Waals surface area contributed by atoms with Gasteiger partial charge < -0.3 is 4.90 Å². The van der Waals surface area contributed by atoms with E-state index in [0.717, 1.165) is 32.4 Å². The molecule has 3 atom stereocenters. The van der Waals surface area contributed by atoms with E-state index in [2.05, 4.69) is 47.4 Å². The summed E-state index contributed by atoms with van der Waals surface area (Å²) in [4.78, 5) is 14.9. The lowest BCUT2D eigenvalue weighted by Crippen LogP contribution is -2.30. The molecular weight excluding hydrogens is 298 g/mol. The van der Waals surface area contributed by atoms with Crippen LogP contribution in [0.25, 0.3) is 0 Å². The molecule has 2 aliphatic rings. The lowest BCUT2D eigenvalue weighted by atomic mass is 10.0. The van der Waals surface area contributed by atoms with Gasteiger partial charge >= 0.3 is 0 Å². The third-order valence-corrected chi connectivity index (χ3v) is 5.58. The summed E-state index contributed by atoms with van der Waals surface area (Å²) in [7, 11) is 1.95. The van der Waals surface area contributed by atoms with Crippen LogP contribution < -0.4 is 0 Å². The van der Waals surface area contributed by atoms with Crippen LogP contribution in [0.2, 0.25) is 0 Å². The SMILES string of the molecule is Cc1ccccc1[C@@H]1C[C@H]1C(=O)N1CC[C@@H](Cc2cnn(C)c2)C1. The van der Waals surface area contributed by atoms with Crippen LogP contribution in [0.15, 0.2) is 36.7 Å². The molecule has 24 heavy (non-hydrogen) atoms. The Labute approximate surface area is 143 Å². The molecule has 0 spiro atoms. The van der Waals surface area contributed by atoms with E-state index >= 15 is 0 Å². The number of benzene rings is 1. The maximum Gasteiger partial charge on any atom is 0.226 e. The minimum Gasteiger partial charge on any atom is -0.342 e. The molecule has 4 heteroatoms. The summed E-state index contributed by atoms with van der Waals surface area (Å²) in [6.45, 7) is 3.97. The molecule has 1 aliphatic carbocycles. The predicted octanol–water partition coefficient (Wildman–Crippen LogP) is 2.92. The Balaban J connectivity index is 1.34. The van der Waals surface area contributed by atoms with Gasteiger partial charge in [0.15, 0.2) is 0 Å². The second-order valence-corrected chi connectivity index (χ2v) is 7.47. The van der Waals surface area contributed by atoms with Gasteiger partial charge in [0.25, 0.3) is 0 Å². The fourth-order valence-electron chi connectivity index (χ4n) is 4.16. The molecule has 1 saturated heterocycles. The number of carbonyl (C=O) groups is 1. The molecule has 0 radical (unpaired) electrons. The Morgan fingerprint density at radius 2 is 2.17 bits per heavy atom. The zero-order valence-corrected chi connectivity index (χ0v) is 14.5. The van der Waals surface area contributed by atoms with E-state index in [9.17, 15) is 4.79 Å². The van der Waals surface area contributed by atoms with E-state index in [0.29, 0.717) is 17.7 Å². The first-order valence-electron chi connectivity index (χ1n) is 8.93. The van der Waals surface area contributed by atoms with Crippen LogP contribution in [-0.4, -0.2) is 33.7 Å². The molecule has 1 aliphatic heterocycles. The molecule has 0 unspecified atom stereocenters. The summed E-state index contributed by atoms with van der Waals surface area (Å²) in [6.07, 6.45) is 7.19. The molecular formula is C20H25N3O. The topological polar surface area (TPSA) is 38.1 Å². The van der Waals surface area contributed by atoms with Gasteiger partial charge in [0, 0.05) is 32.3 Å². The molecule has 2 aromatic rings. The number of rotatable bonds is 4. The Bertz CT molecular complexity index is 751. The molecule has 4 nitrogen and oxygen atoms in total. The summed E-state index contributed by atoms with van der Waals surface area (Å²) in [5.74, 6) is 1.60. The number of likely N-dealkylation sites (tertiary alicyclic amines) is 1. The van der Waals surface area contributed by atoms with Crippen molar-refractivity contribution in [2.24, 2.45) is 18.9 Å². The van der Waals surface area contributed by atoms with Gasteiger partial charge in [-0.1, -0.05) is 24.3 Å². The number of aryl methyl sites for hydroxylation is 2. The van der Waals surface area contributed by atoms with Crippen LogP contribution in [0, 0.1) is 18.8 Å². The maximum absolute atomic E-state index is 12.8. The molecule has 126 valence electrons. The van der Waals surface area contributed by atoms with E-state index in [-0.39, 0.29) is 5.92 Å². The number of nitrogens with zero attached hydrogens (tertiary/aromatic N) is 3. The van der Waals surface area contributed by atoms with E-state index in [1.165, 1.54) is 16.7 Å². The van der Waals surface area contributed by atoms with Crippen LogP contribution in [0.5, 0.6) is 0 Å². The molecule has 2 heterocycles. The summed E-state index contributed by atoms with van der Waals surface area (Å²) in [6, 6.07) is 8.49. The molecule has 1 aromatic heterocycles. The Morgan fingerprint density at radius 1 is 1.33 bits per heavy atom. The van der Waals surface area contributed by atoms with Crippen molar-refractivity contribution in [1.82, 2.24) is 14.7 Å². The number of carbonyl (C=O) groups excluding carboxylic acids is 1. The highest BCUT2D eigenvalue weighted by Crippen LogP contribution is 2.49. The van der Waals surface area contributed by atoms with Gasteiger partial charge in [0.2, 0.25) is 5.91 Å². The minimum absolute atomic E-state index is 0.211. The predicted molar refractivity (Wildman–Crippen MR) is 93.6 cm³/mol. The summed E-state index contributed by atoms with van der Waals surface area (Å²) >= 11 is 0. The number of hydrogen-bond acceptors (Lipinski definition) is 2. The molecule has 1 saturated carbocycles. The van der Waals surface area contributed by atoms with Crippen LogP contribution in [0.3, 0.4) is 0 Å². The standard InChI is InChI=1S/C20H25N3O/c1-14-5-3-4-6-17(14)18-10-19(18)20(24)23-8-7-15(13-23)9-16-11-21-22(2)12-16/h3-6,11-12,15,18-19H,7-10,13H2,1-2H3/t15-,18-,19+/m0/s1. The molecule has 4 rings (SSSR count). The van der Waals surface area contributed by atoms with E-state index in [4.69, 9.17) is 0 Å². The lowest BCUT2D eigenvalue weighted by molar-refractivity contribution is -0.131. The average Bonchev–Trinajstić information content (AvgIpc) is 3.04. The first kappa shape index (κ1) is 15.4. The zero-order valence-electron chi connectivity index (χ0n) is 14.5. The van der Waals surface area contributed by atoms with Crippen molar-refractivity contribution in [2.75, 3.05) is 13.1 Å². The van der Waals surface area contributed by atoms with E-state index < -0.39 is 0 Å². The quantitative estimate of drug-likeness (QED) is 0.868. The van der Waals surface area contributed by atoms with Crippen molar-refractivity contribution in [3.8, 4) is 0 Å². The fourth-order valence-corrected chi connectivity index (χ4v) is 4.16. The van der Waals surface area contributed by atoms with Crippen molar-refractivity contribution in [3.63, 3.8) is 0 Å². The van der Waals surface area contributed by atoms with Gasteiger partial charge in [-0.3, -0.25) is 9.48 Å². The van der Waals surface area contributed by atoms with Crippen LogP contribution in [0.4, 0.5) is 0 Å². The summed E-state index contributed by atoms with van der Waals surface area (Å²) in [5, 5.41) is 4.24. The Hall–Kier alpha value is -2.10. The van der Waals surface area contributed by atoms with Crippen molar-refractivity contribution in [1.29, 1.82) is 0 Å². The average molecular weight is 323 g/mol. The van der Waals surface area contributed by atoms with Gasteiger partial charge in [0.1, 0.15) is 0 Å². The third kappa shape index (κ3) is 2.97. The fraction of sp³-hybridized carbons (Fsp3) is 0.500. The smallest absolute Gasteiger partial charge is 0.226 e. The lowest BCUT2D eigenvalue weighted by Gasteiger charge is -2.17. The minimum atomic E-state index is 0.211. The number of amides is 1. The second-order valence-electron chi connectivity index (χ2n) is 7.47. The van der Waals surface area contributed by atoms with Gasteiger partial charge in [-0.25, -0.2) is 0 Å². The number of aromatic nitrogens is 2. The van der Waals surface area contributed by atoms with Gasteiger partial charge in [-0.05, 0) is 54.7 Å². The highest BCUT2D eigenvalue weighted by atomic mass is 16.2. The molecule has 0 bridgehead atoms. The monoisotopic (exact) mass is 323 g/mol. The van der Waals surface area contributed by atoms with Crippen LogP contribution in [0.1, 0.15) is 35.4 Å². The Morgan fingerprint density at radius 3 is 2.92 bits per heavy atom. The Kier molecular flexibility index (Phi) is 3.91. The largest absolute Gasteiger partial charge is 0.342 e. The van der Waals surface area contributed by atoms with Crippen LogP contribution in [-0.2, 0) is 18.3 Å². The highest BCUT2D eigenvalue weighted by molar-refractivity contribution is 5.83. The molecule has 2 fully saturated rings. The second kappa shape index (κ2) is 6.08. The normalized spacial score (nSPS) is 25.9. The van der Waals surface area contributed by atoms with Gasteiger partial charge in [0.05, 0.1) is 6.20 Å². The first-order valence-corrected chi connectivity index (χ1v) is 8.93. The van der Waals surface area contributed by atoms with E-state index in [1.807, 2.05) is 17.9 Å². The maximum atomic E-state index is 12.8. The summed E-state index contributed by atoms with van der Waals surface area (Å²) < 4.78 is 1.85. The van der Waals surface area contributed by atoms with Gasteiger partial charge in [-0.2, -0.15) is 5.10 Å². The van der Waals surface area contributed by atoms with Crippen molar-refractivity contribution < 1.29 is 4.79 Å². The van der Waals surface area contributed by atoms with Crippen molar-refractivity contribution in [2.45, 2.75) is 32.1 Å². The van der Waals surface area contributed by atoms with Crippen LogP contribution >= 0.6 is 0 Å². The van der Waals surface area contributed by atoms with E-state index in [1.54, 1.807) is 0 Å². The van der Waals surface area contributed by atoms with Crippen molar-refractivity contribution >= 4 is 5.91 Å². The first-order chi connectivity index (χ1) is 11.6. The highest BCUT2D eigenvalue weighted by Gasteiger charge is 2.47. The molecule has 1 amide bonds. The third-order valence-electron chi connectivity index (χ3n) is 5.58. The molecule has 0 N–H and O–H groups in total. The summed E-state index contributed by atoms with van der Waals surface area (Å²) in [5.41, 5.74) is 3.96. The number of hydrogen-bond donors (Lipinski definition) is 0. The van der Waals surface area contributed by atoms with Crippen molar-refractivity contribution in [3.05, 3.63) is 53.3 Å². The van der Waals surface area contributed by atoms with Gasteiger partial charge in [-0.15, -0.1) is 0 Å².